The lowest BCUT2D eigenvalue weighted by atomic mass is 9.99. The average molecular weight is 264 g/mol. The normalized spacial score (nSPS) is 19.2. The van der Waals surface area contributed by atoms with Gasteiger partial charge in [0, 0.05) is 23.7 Å². The number of fused-ring (bicyclic) bond motifs is 1. The molecule has 100 valence electrons. The summed E-state index contributed by atoms with van der Waals surface area (Å²) in [5, 5.41) is 0. The number of thioether (sulfide) groups is 1. The summed E-state index contributed by atoms with van der Waals surface area (Å²) in [6.45, 7) is 5.35. The monoisotopic (exact) mass is 264 g/mol. The first-order valence-corrected chi connectivity index (χ1v) is 7.82. The van der Waals surface area contributed by atoms with Gasteiger partial charge in [-0.1, -0.05) is 26.0 Å². The number of hydrogen-bond acceptors (Lipinski definition) is 3. The minimum atomic E-state index is 0.580. The van der Waals surface area contributed by atoms with Crippen molar-refractivity contribution < 1.29 is 0 Å². The van der Waals surface area contributed by atoms with Crippen LogP contribution in [0.25, 0.3) is 0 Å². The quantitative estimate of drug-likeness (QED) is 0.903. The Morgan fingerprint density at radius 2 is 2.22 bits per heavy atom. The molecule has 2 rings (SSSR count). The molecule has 18 heavy (non-hydrogen) atoms. The summed E-state index contributed by atoms with van der Waals surface area (Å²) < 4.78 is 0. The molecule has 1 unspecified atom stereocenters. The predicted molar refractivity (Wildman–Crippen MR) is 81.7 cm³/mol. The molecule has 2 N–H and O–H groups in total. The number of nitrogens with zero attached hydrogens (tertiary/aromatic N) is 1. The van der Waals surface area contributed by atoms with Crippen molar-refractivity contribution in [3.8, 4) is 0 Å². The van der Waals surface area contributed by atoms with Crippen LogP contribution in [0.1, 0.15) is 38.2 Å². The van der Waals surface area contributed by atoms with Crippen LogP contribution < -0.4 is 10.6 Å². The second-order valence-electron chi connectivity index (χ2n) is 5.36. The minimum absolute atomic E-state index is 0.580. The van der Waals surface area contributed by atoms with Crippen LogP contribution >= 0.6 is 11.8 Å². The van der Waals surface area contributed by atoms with Crippen LogP contribution in [0.2, 0.25) is 0 Å². The fourth-order valence-electron chi connectivity index (χ4n) is 2.61. The van der Waals surface area contributed by atoms with E-state index in [1.807, 2.05) is 11.8 Å². The summed E-state index contributed by atoms with van der Waals surface area (Å²) in [6, 6.07) is 7.34. The predicted octanol–water partition coefficient (Wildman–Crippen LogP) is 3.46. The van der Waals surface area contributed by atoms with Crippen molar-refractivity contribution in [2.24, 2.45) is 5.73 Å². The highest BCUT2D eigenvalue weighted by Crippen LogP contribution is 2.42. The molecule has 0 saturated heterocycles. The highest BCUT2D eigenvalue weighted by molar-refractivity contribution is 7.99. The van der Waals surface area contributed by atoms with E-state index in [4.69, 9.17) is 5.73 Å². The largest absolute Gasteiger partial charge is 0.370 e. The lowest BCUT2D eigenvalue weighted by Gasteiger charge is -2.38. The number of rotatable bonds is 4. The Kier molecular flexibility index (Phi) is 4.57. The second-order valence-corrected chi connectivity index (χ2v) is 6.42. The maximum atomic E-state index is 5.64. The van der Waals surface area contributed by atoms with E-state index in [-0.39, 0.29) is 0 Å². The van der Waals surface area contributed by atoms with Crippen molar-refractivity contribution in [3.05, 3.63) is 23.8 Å². The van der Waals surface area contributed by atoms with Gasteiger partial charge in [-0.2, -0.15) is 0 Å². The molecule has 0 aliphatic carbocycles. The van der Waals surface area contributed by atoms with Gasteiger partial charge in [0.1, 0.15) is 0 Å². The third-order valence-corrected chi connectivity index (χ3v) is 4.92. The van der Waals surface area contributed by atoms with Gasteiger partial charge in [0.15, 0.2) is 0 Å². The first-order valence-electron chi connectivity index (χ1n) is 6.83. The Bertz CT molecular complexity index is 403. The van der Waals surface area contributed by atoms with Crippen molar-refractivity contribution >= 4 is 17.4 Å². The van der Waals surface area contributed by atoms with Gasteiger partial charge in [0.2, 0.25) is 0 Å². The summed E-state index contributed by atoms with van der Waals surface area (Å²) in [4.78, 5) is 3.92. The standard InChI is InChI=1S/C15H24N2S/c1-11(2)13-7-4-8-14-15(13)17(3)12(10-18-14)6-5-9-16/h4,7-8,11-12H,5-6,9-10,16H2,1-3H3. The molecule has 1 aliphatic heterocycles. The minimum Gasteiger partial charge on any atom is -0.370 e. The van der Waals surface area contributed by atoms with Crippen molar-refractivity contribution in [3.63, 3.8) is 0 Å². The van der Waals surface area contributed by atoms with Crippen LogP contribution in [0.4, 0.5) is 5.69 Å². The number of benzene rings is 1. The SMILES string of the molecule is CC(C)c1cccc2c1N(C)C(CCCN)CS2. The van der Waals surface area contributed by atoms with E-state index >= 15 is 0 Å². The molecule has 0 fully saturated rings. The van der Waals surface area contributed by atoms with Crippen molar-refractivity contribution in [1.82, 2.24) is 0 Å². The summed E-state index contributed by atoms with van der Waals surface area (Å²) >= 11 is 2.00. The number of hydrogen-bond donors (Lipinski definition) is 1. The van der Waals surface area contributed by atoms with Crippen LogP contribution in [0.15, 0.2) is 23.1 Å². The van der Waals surface area contributed by atoms with Gasteiger partial charge in [0.05, 0.1) is 5.69 Å². The Hall–Kier alpha value is -0.670. The van der Waals surface area contributed by atoms with Crippen LogP contribution in [0.5, 0.6) is 0 Å². The average Bonchev–Trinajstić information content (AvgIpc) is 2.37. The number of nitrogens with two attached hydrogens (primary N) is 1. The maximum Gasteiger partial charge on any atom is 0.0539 e. The van der Waals surface area contributed by atoms with E-state index in [0.717, 1.165) is 13.0 Å². The van der Waals surface area contributed by atoms with E-state index in [9.17, 15) is 0 Å². The van der Waals surface area contributed by atoms with Gasteiger partial charge in [-0.25, -0.2) is 0 Å². The molecule has 1 aromatic carbocycles. The fourth-order valence-corrected chi connectivity index (χ4v) is 3.95. The molecular formula is C15H24N2S. The Labute approximate surface area is 115 Å². The summed E-state index contributed by atoms with van der Waals surface area (Å²) in [5.41, 5.74) is 8.56. The molecule has 1 aromatic rings. The highest BCUT2D eigenvalue weighted by atomic mass is 32.2. The second kappa shape index (κ2) is 5.98. The molecule has 0 saturated carbocycles. The third-order valence-electron chi connectivity index (χ3n) is 3.73. The molecule has 0 bridgehead atoms. The lowest BCUT2D eigenvalue weighted by Crippen LogP contribution is -2.37. The summed E-state index contributed by atoms with van der Waals surface area (Å²) in [7, 11) is 2.24. The zero-order valence-corrected chi connectivity index (χ0v) is 12.5. The molecule has 0 aromatic heterocycles. The van der Waals surface area contributed by atoms with Crippen LogP contribution in [-0.2, 0) is 0 Å². The molecule has 0 spiro atoms. The van der Waals surface area contributed by atoms with Crippen molar-refractivity contribution in [2.45, 2.75) is 43.5 Å². The fraction of sp³-hybridized carbons (Fsp3) is 0.600. The molecule has 0 amide bonds. The summed E-state index contributed by atoms with van der Waals surface area (Å²) in [5.74, 6) is 1.77. The third kappa shape index (κ3) is 2.67. The van der Waals surface area contributed by atoms with Gasteiger partial charge in [-0.3, -0.25) is 0 Å². The molecule has 1 heterocycles. The van der Waals surface area contributed by atoms with E-state index in [1.165, 1.54) is 28.3 Å². The zero-order chi connectivity index (χ0) is 13.1. The van der Waals surface area contributed by atoms with E-state index in [2.05, 4.69) is 44.0 Å². The highest BCUT2D eigenvalue weighted by Gasteiger charge is 2.26. The van der Waals surface area contributed by atoms with Crippen molar-refractivity contribution in [1.29, 1.82) is 0 Å². The molecule has 1 atom stereocenters. The first-order chi connectivity index (χ1) is 8.65. The summed E-state index contributed by atoms with van der Waals surface area (Å²) in [6.07, 6.45) is 2.32. The van der Waals surface area contributed by atoms with Gasteiger partial charge in [0.25, 0.3) is 0 Å². The van der Waals surface area contributed by atoms with Crippen molar-refractivity contribution in [2.75, 3.05) is 24.2 Å². The van der Waals surface area contributed by atoms with Crippen LogP contribution in [-0.4, -0.2) is 25.4 Å². The zero-order valence-electron chi connectivity index (χ0n) is 11.6. The maximum absolute atomic E-state index is 5.64. The van der Waals surface area contributed by atoms with Gasteiger partial charge in [-0.05, 0) is 36.9 Å². The Morgan fingerprint density at radius 3 is 2.89 bits per heavy atom. The molecule has 3 heteroatoms. The van der Waals surface area contributed by atoms with Gasteiger partial charge in [-0.15, -0.1) is 11.8 Å². The molecule has 0 radical (unpaired) electrons. The van der Waals surface area contributed by atoms with Gasteiger partial charge < -0.3 is 10.6 Å². The van der Waals surface area contributed by atoms with E-state index < -0.39 is 0 Å². The van der Waals surface area contributed by atoms with E-state index in [1.54, 1.807) is 0 Å². The van der Waals surface area contributed by atoms with E-state index in [0.29, 0.717) is 12.0 Å². The molecule has 2 nitrogen and oxygen atoms in total. The Morgan fingerprint density at radius 1 is 1.44 bits per heavy atom. The first kappa shape index (κ1) is 13.8. The molecule has 1 aliphatic rings. The number of para-hydroxylation sites is 1. The number of anilines is 1. The lowest BCUT2D eigenvalue weighted by molar-refractivity contribution is 0.596. The van der Waals surface area contributed by atoms with Crippen LogP contribution in [0, 0.1) is 0 Å². The van der Waals surface area contributed by atoms with Gasteiger partial charge >= 0.3 is 0 Å². The molecular weight excluding hydrogens is 240 g/mol. The Balaban J connectivity index is 2.29. The topological polar surface area (TPSA) is 29.3 Å². The van der Waals surface area contributed by atoms with Crippen LogP contribution in [0.3, 0.4) is 0 Å². The smallest absolute Gasteiger partial charge is 0.0539 e.